The SMILES string of the molecule is COc1ccc(C2(c3ccc(-n4c5ccc(C(C)(C)C)cc5c5cc(C(C)(C)C)ccc54)cc3)C=Cc3c(C(F)(F)F)c4c5c(cccc5c3O2)-c2ccccc2-4)cc1. The van der Waals surface area contributed by atoms with Crippen LogP contribution in [0.15, 0.2) is 133 Å². The summed E-state index contributed by atoms with van der Waals surface area (Å²) in [4.78, 5) is 0. The van der Waals surface area contributed by atoms with Gasteiger partial charge in [0, 0.05) is 49.5 Å². The number of benzene rings is 7. The van der Waals surface area contributed by atoms with Crippen LogP contribution >= 0.6 is 0 Å². The van der Waals surface area contributed by atoms with Gasteiger partial charge in [-0.3, -0.25) is 0 Å². The molecular formula is C53H44F3NO2. The van der Waals surface area contributed by atoms with Crippen molar-refractivity contribution in [2.45, 2.75) is 64.1 Å². The van der Waals surface area contributed by atoms with Gasteiger partial charge in [0.1, 0.15) is 11.5 Å². The van der Waals surface area contributed by atoms with E-state index in [2.05, 4.69) is 94.6 Å². The smallest absolute Gasteiger partial charge is 0.417 e. The van der Waals surface area contributed by atoms with E-state index in [1.54, 1.807) is 31.4 Å². The highest BCUT2D eigenvalue weighted by molar-refractivity contribution is 6.19. The van der Waals surface area contributed by atoms with E-state index in [-0.39, 0.29) is 27.7 Å². The fourth-order valence-corrected chi connectivity index (χ4v) is 9.33. The van der Waals surface area contributed by atoms with Gasteiger partial charge in [0.05, 0.1) is 23.7 Å². The summed E-state index contributed by atoms with van der Waals surface area (Å²) in [6.45, 7) is 13.4. The van der Waals surface area contributed by atoms with Crippen LogP contribution in [0.3, 0.4) is 0 Å². The fourth-order valence-electron chi connectivity index (χ4n) is 9.33. The molecule has 8 aromatic rings. The zero-order valence-corrected chi connectivity index (χ0v) is 34.2. The van der Waals surface area contributed by atoms with Gasteiger partial charge in [-0.25, -0.2) is 0 Å². The van der Waals surface area contributed by atoms with Crippen molar-refractivity contribution in [1.29, 1.82) is 0 Å². The Morgan fingerprint density at radius 2 is 1.15 bits per heavy atom. The van der Waals surface area contributed by atoms with E-state index in [1.807, 2.05) is 66.7 Å². The maximum Gasteiger partial charge on any atom is 0.417 e. The molecule has 0 saturated heterocycles. The summed E-state index contributed by atoms with van der Waals surface area (Å²) < 4.78 is 61.3. The molecule has 0 amide bonds. The van der Waals surface area contributed by atoms with Gasteiger partial charge < -0.3 is 14.0 Å². The van der Waals surface area contributed by atoms with Crippen LogP contribution in [-0.2, 0) is 22.6 Å². The predicted molar refractivity (Wildman–Crippen MR) is 235 cm³/mol. The number of fused-ring (bicyclic) bond motifs is 8. The zero-order chi connectivity index (χ0) is 41.2. The van der Waals surface area contributed by atoms with E-state index in [1.165, 1.54) is 21.9 Å². The van der Waals surface area contributed by atoms with Crippen molar-refractivity contribution < 1.29 is 22.6 Å². The van der Waals surface area contributed by atoms with Crippen LogP contribution in [0.2, 0.25) is 0 Å². The number of halogens is 3. The van der Waals surface area contributed by atoms with Crippen molar-refractivity contribution in [2.24, 2.45) is 0 Å². The molecule has 6 heteroatoms. The zero-order valence-electron chi connectivity index (χ0n) is 34.2. The van der Waals surface area contributed by atoms with Gasteiger partial charge in [-0.2, -0.15) is 13.2 Å². The third kappa shape index (κ3) is 5.56. The summed E-state index contributed by atoms with van der Waals surface area (Å²) >= 11 is 0. The molecule has 0 bridgehead atoms. The van der Waals surface area contributed by atoms with Crippen LogP contribution in [0.1, 0.15) is 74.9 Å². The molecule has 1 aliphatic heterocycles. The topological polar surface area (TPSA) is 23.4 Å². The van der Waals surface area contributed by atoms with Gasteiger partial charge in [0.25, 0.3) is 0 Å². The summed E-state index contributed by atoms with van der Waals surface area (Å²) in [6.07, 6.45) is -1.24. The van der Waals surface area contributed by atoms with Crippen LogP contribution < -0.4 is 9.47 Å². The van der Waals surface area contributed by atoms with Gasteiger partial charge in [0.15, 0.2) is 5.60 Å². The molecule has 1 aromatic heterocycles. The second kappa shape index (κ2) is 12.6. The quantitative estimate of drug-likeness (QED) is 0.177. The summed E-state index contributed by atoms with van der Waals surface area (Å²) in [5.74, 6) is 0.873. The van der Waals surface area contributed by atoms with E-state index in [0.717, 1.165) is 39.0 Å². The number of nitrogens with zero attached hydrogens (tertiary/aromatic N) is 1. The van der Waals surface area contributed by atoms with Crippen LogP contribution in [0, 0.1) is 0 Å². The highest BCUT2D eigenvalue weighted by atomic mass is 19.4. The number of aromatic nitrogens is 1. The Morgan fingerprint density at radius 1 is 0.593 bits per heavy atom. The molecule has 0 fully saturated rings. The lowest BCUT2D eigenvalue weighted by Gasteiger charge is -2.38. The van der Waals surface area contributed by atoms with E-state index >= 15 is 13.2 Å². The highest BCUT2D eigenvalue weighted by Gasteiger charge is 2.46. The van der Waals surface area contributed by atoms with E-state index < -0.39 is 17.3 Å². The molecule has 10 rings (SSSR count). The second-order valence-electron chi connectivity index (χ2n) is 18.0. The van der Waals surface area contributed by atoms with Crippen molar-refractivity contribution in [3.63, 3.8) is 0 Å². The first-order chi connectivity index (χ1) is 28.1. The minimum absolute atomic E-state index is 0.0230. The van der Waals surface area contributed by atoms with Crippen LogP contribution in [0.5, 0.6) is 11.5 Å². The molecular weight excluding hydrogens is 740 g/mol. The van der Waals surface area contributed by atoms with E-state index in [9.17, 15) is 0 Å². The third-order valence-corrected chi connectivity index (χ3v) is 12.4. The average molecular weight is 784 g/mol. The molecule has 2 aliphatic rings. The Bertz CT molecular complexity index is 2970. The molecule has 59 heavy (non-hydrogen) atoms. The van der Waals surface area contributed by atoms with E-state index in [0.29, 0.717) is 22.1 Å². The van der Waals surface area contributed by atoms with Gasteiger partial charge in [-0.05, 0) is 99.3 Å². The van der Waals surface area contributed by atoms with Gasteiger partial charge in [-0.15, -0.1) is 0 Å². The Hall–Kier alpha value is -6.27. The van der Waals surface area contributed by atoms with E-state index in [4.69, 9.17) is 9.47 Å². The third-order valence-electron chi connectivity index (χ3n) is 12.4. The van der Waals surface area contributed by atoms with Crippen LogP contribution in [-0.4, -0.2) is 11.7 Å². The predicted octanol–water partition coefficient (Wildman–Crippen LogP) is 14.6. The number of alkyl halides is 3. The molecule has 7 aromatic carbocycles. The standard InChI is InChI=1S/C53H44F3NO2/c1-50(2,3)33-19-25-44-42(29-33)43-30-34(51(4,5)6)20-26-45(43)57(44)35-21-15-31(16-22-35)52(32-17-23-36(58-7)24-18-32)28-27-41-48(53(54,55)56)47-39-12-9-8-11-37(39)38-13-10-14-40(46(38)47)49(41)59-52/h8-30H,1-7H3. The van der Waals surface area contributed by atoms with Gasteiger partial charge in [0.2, 0.25) is 0 Å². The van der Waals surface area contributed by atoms with Crippen molar-refractivity contribution in [2.75, 3.05) is 7.11 Å². The minimum Gasteiger partial charge on any atom is -0.497 e. The molecule has 0 radical (unpaired) electrons. The van der Waals surface area contributed by atoms with Crippen molar-refractivity contribution in [1.82, 2.24) is 4.57 Å². The van der Waals surface area contributed by atoms with Gasteiger partial charge in [-0.1, -0.05) is 120 Å². The number of ether oxygens (including phenoxy) is 2. The fraction of sp³-hybridized carbons (Fsp3) is 0.208. The normalized spacial score (nSPS) is 16.1. The first-order valence-corrected chi connectivity index (χ1v) is 20.1. The molecule has 0 saturated carbocycles. The summed E-state index contributed by atoms with van der Waals surface area (Å²) in [5, 5.41) is 3.59. The van der Waals surface area contributed by atoms with Crippen LogP contribution in [0.4, 0.5) is 13.2 Å². The first-order valence-electron chi connectivity index (χ1n) is 20.1. The lowest BCUT2D eigenvalue weighted by molar-refractivity contribution is -0.137. The van der Waals surface area contributed by atoms with Gasteiger partial charge >= 0.3 is 6.18 Å². The highest BCUT2D eigenvalue weighted by Crippen LogP contribution is 2.58. The molecule has 0 N–H and O–H groups in total. The summed E-state index contributed by atoms with van der Waals surface area (Å²) in [7, 11) is 1.61. The summed E-state index contributed by atoms with van der Waals surface area (Å²) in [6, 6.07) is 42.4. The average Bonchev–Trinajstić information content (AvgIpc) is 3.73. The number of hydrogen-bond acceptors (Lipinski definition) is 2. The molecule has 0 spiro atoms. The monoisotopic (exact) mass is 783 g/mol. The lowest BCUT2D eigenvalue weighted by atomic mass is 9.81. The van der Waals surface area contributed by atoms with Crippen LogP contribution in [0.25, 0.3) is 66.6 Å². The molecule has 1 unspecified atom stereocenters. The molecule has 2 heterocycles. The Balaban J connectivity index is 1.18. The second-order valence-corrected chi connectivity index (χ2v) is 18.0. The van der Waals surface area contributed by atoms with Crippen molar-refractivity contribution in [3.05, 3.63) is 167 Å². The number of methoxy groups -OCH3 is 1. The van der Waals surface area contributed by atoms with Crippen molar-refractivity contribution >= 4 is 38.7 Å². The molecule has 1 atom stereocenters. The minimum atomic E-state index is -4.64. The number of hydrogen-bond donors (Lipinski definition) is 0. The van der Waals surface area contributed by atoms with Crippen molar-refractivity contribution in [3.8, 4) is 39.4 Å². The first kappa shape index (κ1) is 37.0. The lowest BCUT2D eigenvalue weighted by Crippen LogP contribution is -2.35. The number of rotatable bonds is 4. The Morgan fingerprint density at radius 3 is 1.71 bits per heavy atom. The molecule has 1 aliphatic carbocycles. The summed E-state index contributed by atoms with van der Waals surface area (Å²) in [5.41, 5.74) is 7.63. The largest absolute Gasteiger partial charge is 0.497 e. The Labute approximate surface area is 342 Å². The molecule has 3 nitrogen and oxygen atoms in total. The maximum absolute atomic E-state index is 15.4. The molecule has 294 valence electrons. The maximum atomic E-state index is 15.4. The Kier molecular flexibility index (Phi) is 7.92.